The molecule has 0 aliphatic heterocycles. The van der Waals surface area contributed by atoms with Gasteiger partial charge in [0.1, 0.15) is 7.38 Å². The van der Waals surface area contributed by atoms with Crippen molar-refractivity contribution in [1.29, 1.82) is 0 Å². The van der Waals surface area contributed by atoms with Gasteiger partial charge in [0.05, 0.1) is 6.54 Å². The maximum atomic E-state index is 9.87. The molecule has 0 aliphatic carbocycles. The number of carbonyl (C=O) groups excluding carboxylic acids is 1. The molecule has 2 nitrogen and oxygen atoms in total. The second kappa shape index (κ2) is 14.8. The Morgan fingerprint density at radius 1 is 0.762 bits per heavy atom. The fourth-order valence-electron chi connectivity index (χ4n) is 2.55. The monoisotopic (exact) mass is 331 g/mol. The van der Waals surface area contributed by atoms with Crippen LogP contribution in [0.1, 0.15) is 77.0 Å². The van der Waals surface area contributed by atoms with Crippen molar-refractivity contribution in [3.63, 3.8) is 0 Å². The first-order valence-corrected chi connectivity index (χ1v) is 13.0. The number of halogens is 1. The van der Waals surface area contributed by atoms with Crippen LogP contribution in [0.4, 0.5) is 0 Å². The Bertz CT molecular complexity index is 272. The van der Waals surface area contributed by atoms with E-state index in [-0.39, 0.29) is 0 Å². The molecular formula is C17H34ClNOSi. The summed E-state index contributed by atoms with van der Waals surface area (Å²) in [4.78, 5) is 13.4. The van der Waals surface area contributed by atoms with E-state index < -0.39 is 7.38 Å². The van der Waals surface area contributed by atoms with Crippen molar-refractivity contribution >= 4 is 24.5 Å². The van der Waals surface area contributed by atoms with Gasteiger partial charge >= 0.3 is 0 Å². The maximum absolute atomic E-state index is 9.87. The number of nitrogens with zero attached hydrogens (tertiary/aromatic N) is 1. The summed E-state index contributed by atoms with van der Waals surface area (Å²) in [6.07, 6.45) is 17.5. The Kier molecular flexibility index (Phi) is 14.7. The Morgan fingerprint density at radius 2 is 1.14 bits per heavy atom. The van der Waals surface area contributed by atoms with Gasteiger partial charge in [-0.05, 0) is 12.5 Å². The molecule has 0 atom stereocenters. The first-order chi connectivity index (χ1) is 10.1. The van der Waals surface area contributed by atoms with Gasteiger partial charge in [0.2, 0.25) is 6.08 Å². The van der Waals surface area contributed by atoms with Crippen LogP contribution in [-0.4, -0.2) is 20.0 Å². The predicted octanol–water partition coefficient (Wildman–Crippen LogP) is 6.45. The van der Waals surface area contributed by atoms with Crippen molar-refractivity contribution in [3.8, 4) is 0 Å². The molecule has 124 valence electrons. The number of aliphatic imine (C=N–C) groups is 1. The van der Waals surface area contributed by atoms with E-state index in [2.05, 4.69) is 18.1 Å². The van der Waals surface area contributed by atoms with Gasteiger partial charge in [0.15, 0.2) is 0 Å². The predicted molar refractivity (Wildman–Crippen MR) is 96.5 cm³/mol. The summed E-state index contributed by atoms with van der Waals surface area (Å²) in [6.45, 7) is 5.14. The fourth-order valence-corrected chi connectivity index (χ4v) is 4.04. The average Bonchev–Trinajstić information content (AvgIpc) is 2.42. The second-order valence-corrected chi connectivity index (χ2v) is 13.7. The highest BCUT2D eigenvalue weighted by Crippen LogP contribution is 2.19. The van der Waals surface area contributed by atoms with Gasteiger partial charge in [-0.3, -0.25) is 0 Å². The normalized spacial score (nSPS) is 11.4. The molecule has 0 N–H and O–H groups in total. The van der Waals surface area contributed by atoms with Crippen LogP contribution >= 0.6 is 11.1 Å². The van der Waals surface area contributed by atoms with Crippen LogP contribution in [0.25, 0.3) is 0 Å². The summed E-state index contributed by atoms with van der Waals surface area (Å²) in [5, 5.41) is 0. The first-order valence-electron chi connectivity index (χ1n) is 8.79. The van der Waals surface area contributed by atoms with E-state index in [1.165, 1.54) is 76.7 Å². The zero-order chi connectivity index (χ0) is 15.8. The summed E-state index contributed by atoms with van der Waals surface area (Å²) >= 11 is 6.31. The molecule has 0 aromatic rings. The lowest BCUT2D eigenvalue weighted by Crippen LogP contribution is -2.14. The van der Waals surface area contributed by atoms with E-state index >= 15 is 0 Å². The standard InChI is InChI=1S/C17H34ClNOSi/c1-21(2,18)16-14-12-10-8-6-4-3-5-7-9-11-13-15-19-17-20/h3-16H2,1-2H3. The van der Waals surface area contributed by atoms with Crippen LogP contribution in [-0.2, 0) is 4.79 Å². The lowest BCUT2D eigenvalue weighted by molar-refractivity contribution is 0.543. The number of rotatable bonds is 15. The molecule has 0 fully saturated rings. The minimum atomic E-state index is -1.31. The Morgan fingerprint density at radius 3 is 1.52 bits per heavy atom. The molecule has 0 amide bonds. The molecule has 0 aromatic heterocycles. The second-order valence-electron chi connectivity index (χ2n) is 6.68. The SMILES string of the molecule is C[Si](C)(Cl)CCCCCCCCCCCCCCN=C=O. The molecule has 0 aromatic carbocycles. The number of hydrogen-bond donors (Lipinski definition) is 0. The molecule has 0 radical (unpaired) electrons. The maximum Gasteiger partial charge on any atom is 0.234 e. The minimum absolute atomic E-state index is 0.660. The molecule has 0 heterocycles. The topological polar surface area (TPSA) is 29.4 Å². The molecule has 21 heavy (non-hydrogen) atoms. The molecular weight excluding hydrogens is 298 g/mol. The molecule has 0 spiro atoms. The molecule has 0 saturated heterocycles. The highest BCUT2D eigenvalue weighted by molar-refractivity contribution is 7.19. The van der Waals surface area contributed by atoms with Gasteiger partial charge in [-0.2, -0.15) is 11.1 Å². The number of unbranched alkanes of at least 4 members (excludes halogenated alkanes) is 11. The summed E-state index contributed by atoms with van der Waals surface area (Å²) in [5.41, 5.74) is 0. The van der Waals surface area contributed by atoms with Crippen LogP contribution in [0.2, 0.25) is 19.1 Å². The van der Waals surface area contributed by atoms with Crippen molar-refractivity contribution in [1.82, 2.24) is 0 Å². The van der Waals surface area contributed by atoms with Gasteiger partial charge in [0, 0.05) is 0 Å². The average molecular weight is 332 g/mol. The van der Waals surface area contributed by atoms with Crippen LogP contribution in [0, 0.1) is 0 Å². The van der Waals surface area contributed by atoms with E-state index in [1.54, 1.807) is 6.08 Å². The summed E-state index contributed by atoms with van der Waals surface area (Å²) < 4.78 is 0. The van der Waals surface area contributed by atoms with Gasteiger partial charge in [-0.25, -0.2) is 9.79 Å². The van der Waals surface area contributed by atoms with Crippen LogP contribution < -0.4 is 0 Å². The van der Waals surface area contributed by atoms with Crippen LogP contribution in [0.15, 0.2) is 4.99 Å². The molecule has 0 aliphatic rings. The van der Waals surface area contributed by atoms with Crippen LogP contribution in [0.5, 0.6) is 0 Å². The van der Waals surface area contributed by atoms with Crippen molar-refractivity contribution in [3.05, 3.63) is 0 Å². The lowest BCUT2D eigenvalue weighted by Gasteiger charge is -2.11. The summed E-state index contributed by atoms with van der Waals surface area (Å²) in [5.74, 6) is 0. The molecule has 0 saturated carbocycles. The van der Waals surface area contributed by atoms with Crippen molar-refractivity contribution in [2.75, 3.05) is 6.54 Å². The highest BCUT2D eigenvalue weighted by atomic mass is 35.6. The Hall–Kier alpha value is -0.113. The lowest BCUT2D eigenvalue weighted by atomic mass is 10.1. The van der Waals surface area contributed by atoms with Gasteiger partial charge in [0.25, 0.3) is 0 Å². The van der Waals surface area contributed by atoms with Gasteiger partial charge in [-0.1, -0.05) is 83.7 Å². The minimum Gasteiger partial charge on any atom is -0.211 e. The third-order valence-corrected chi connectivity index (χ3v) is 5.97. The molecule has 4 heteroatoms. The zero-order valence-corrected chi connectivity index (χ0v) is 15.9. The van der Waals surface area contributed by atoms with E-state index in [0.717, 1.165) is 6.42 Å². The largest absolute Gasteiger partial charge is 0.234 e. The van der Waals surface area contributed by atoms with Gasteiger partial charge < -0.3 is 0 Å². The quantitative estimate of drug-likeness (QED) is 0.111. The van der Waals surface area contributed by atoms with E-state index in [1.807, 2.05) is 0 Å². The highest BCUT2D eigenvalue weighted by Gasteiger charge is 2.15. The fraction of sp³-hybridized carbons (Fsp3) is 0.941. The van der Waals surface area contributed by atoms with E-state index in [4.69, 9.17) is 11.1 Å². The van der Waals surface area contributed by atoms with Crippen molar-refractivity contribution < 1.29 is 4.79 Å². The first kappa shape index (κ1) is 20.9. The smallest absolute Gasteiger partial charge is 0.211 e. The van der Waals surface area contributed by atoms with Crippen molar-refractivity contribution in [2.24, 2.45) is 4.99 Å². The Balaban J connectivity index is 3.04. The third kappa shape index (κ3) is 19.9. The molecule has 0 rings (SSSR count). The summed E-state index contributed by atoms with van der Waals surface area (Å²) in [6, 6.07) is 1.27. The third-order valence-electron chi connectivity index (χ3n) is 3.86. The van der Waals surface area contributed by atoms with Crippen LogP contribution in [0.3, 0.4) is 0 Å². The van der Waals surface area contributed by atoms with Gasteiger partial charge in [-0.15, -0.1) is 0 Å². The zero-order valence-electron chi connectivity index (χ0n) is 14.1. The van der Waals surface area contributed by atoms with Crippen molar-refractivity contribution in [2.45, 2.75) is 96.2 Å². The van der Waals surface area contributed by atoms with E-state index in [9.17, 15) is 4.79 Å². The summed E-state index contributed by atoms with van der Waals surface area (Å²) in [7, 11) is -1.31. The number of isocyanates is 1. The number of hydrogen-bond acceptors (Lipinski definition) is 2. The Labute approximate surface area is 137 Å². The molecule has 0 bridgehead atoms. The van der Waals surface area contributed by atoms with E-state index in [0.29, 0.717) is 6.54 Å². The molecule has 0 unspecified atom stereocenters.